The largest absolute Gasteiger partial charge is 0.339 e. The van der Waals surface area contributed by atoms with Crippen LogP contribution in [0, 0.1) is 5.92 Å². The van der Waals surface area contributed by atoms with E-state index in [2.05, 4.69) is 32.6 Å². The van der Waals surface area contributed by atoms with E-state index in [-0.39, 0.29) is 17.2 Å². The second-order valence-electron chi connectivity index (χ2n) is 7.88. The van der Waals surface area contributed by atoms with E-state index in [1.54, 1.807) is 0 Å². The van der Waals surface area contributed by atoms with Crippen LogP contribution in [0.4, 0.5) is 5.95 Å². The van der Waals surface area contributed by atoms with Gasteiger partial charge in [0, 0.05) is 13.0 Å². The molecule has 6 rings (SSSR count). The monoisotopic (exact) mass is 385 g/mol. The minimum Gasteiger partial charge on any atom is -0.339 e. The summed E-state index contributed by atoms with van der Waals surface area (Å²) in [5.41, 5.74) is 2.98. The summed E-state index contributed by atoms with van der Waals surface area (Å²) in [5, 5.41) is 7.18. The minimum absolute atomic E-state index is 0.0586. The molecule has 1 aliphatic carbocycles. The predicted molar refractivity (Wildman–Crippen MR) is 106 cm³/mol. The summed E-state index contributed by atoms with van der Waals surface area (Å²) < 4.78 is 7.60. The van der Waals surface area contributed by atoms with E-state index < -0.39 is 0 Å². The highest BCUT2D eigenvalue weighted by molar-refractivity contribution is 5.95. The summed E-state index contributed by atoms with van der Waals surface area (Å²) in [4.78, 5) is 21.8. The summed E-state index contributed by atoms with van der Waals surface area (Å²) in [6, 6.07) is 18.2. The molecule has 2 aromatic carbocycles. The molecule has 0 bridgehead atoms. The van der Waals surface area contributed by atoms with Crippen LogP contribution in [0.5, 0.6) is 0 Å². The van der Waals surface area contributed by atoms with Crippen LogP contribution in [-0.4, -0.2) is 25.6 Å². The Balaban J connectivity index is 1.26. The standard InChI is InChI=1S/C22H19N5O2/c28-19-14(13-27-17-9-5-4-8-16(17)23-21(27)25-19)12-18-24-20(26-29-18)22(10-11-22)15-6-2-1-3-7-15/h1-9,14H,10-13H2,(H,23,25,28). The first-order chi connectivity index (χ1) is 14.2. The molecule has 4 aromatic rings. The average molecular weight is 385 g/mol. The fourth-order valence-corrected chi connectivity index (χ4v) is 4.30. The number of imidazole rings is 1. The maximum Gasteiger partial charge on any atom is 0.232 e. The molecule has 1 N–H and O–H groups in total. The van der Waals surface area contributed by atoms with Crippen molar-refractivity contribution < 1.29 is 9.32 Å². The Labute approximate surface area is 166 Å². The van der Waals surface area contributed by atoms with Crippen LogP contribution >= 0.6 is 0 Å². The Kier molecular flexibility index (Phi) is 3.41. The highest BCUT2D eigenvalue weighted by atomic mass is 16.5. The zero-order valence-corrected chi connectivity index (χ0v) is 15.7. The lowest BCUT2D eigenvalue weighted by atomic mass is 9.95. The molecule has 1 aliphatic heterocycles. The third-order valence-electron chi connectivity index (χ3n) is 6.06. The van der Waals surface area contributed by atoms with Gasteiger partial charge in [0.2, 0.25) is 17.7 Å². The molecule has 7 heteroatoms. The normalized spacial score (nSPS) is 19.7. The number of para-hydroxylation sites is 2. The van der Waals surface area contributed by atoms with Crippen molar-refractivity contribution in [1.82, 2.24) is 19.7 Å². The number of amides is 1. The fraction of sp³-hybridized carbons (Fsp3) is 0.273. The number of carbonyl (C=O) groups excluding carboxylic acids is 1. The van der Waals surface area contributed by atoms with Crippen LogP contribution in [0.1, 0.15) is 30.1 Å². The van der Waals surface area contributed by atoms with Gasteiger partial charge in [-0.05, 0) is 30.5 Å². The third-order valence-corrected chi connectivity index (χ3v) is 6.06. The highest BCUT2D eigenvalue weighted by Crippen LogP contribution is 2.52. The first-order valence-electron chi connectivity index (χ1n) is 9.88. The molecule has 0 radical (unpaired) electrons. The van der Waals surface area contributed by atoms with E-state index in [0.717, 1.165) is 29.7 Å². The lowest BCUT2D eigenvalue weighted by Crippen LogP contribution is -2.34. The molecule has 29 heavy (non-hydrogen) atoms. The Morgan fingerprint density at radius 2 is 1.86 bits per heavy atom. The zero-order valence-electron chi connectivity index (χ0n) is 15.7. The smallest absolute Gasteiger partial charge is 0.232 e. The zero-order chi connectivity index (χ0) is 19.4. The summed E-state index contributed by atoms with van der Waals surface area (Å²) in [7, 11) is 0. The number of anilines is 1. The molecule has 1 unspecified atom stereocenters. The predicted octanol–water partition coefficient (Wildman–Crippen LogP) is 3.31. The van der Waals surface area contributed by atoms with Crippen molar-refractivity contribution in [2.75, 3.05) is 5.32 Å². The number of carbonyl (C=O) groups is 1. The van der Waals surface area contributed by atoms with Gasteiger partial charge in [0.1, 0.15) is 0 Å². The van der Waals surface area contributed by atoms with E-state index in [9.17, 15) is 4.79 Å². The second kappa shape index (κ2) is 6.01. The van der Waals surface area contributed by atoms with Gasteiger partial charge >= 0.3 is 0 Å². The molecule has 1 atom stereocenters. The fourth-order valence-electron chi connectivity index (χ4n) is 4.30. The molecule has 1 saturated carbocycles. The van der Waals surface area contributed by atoms with Crippen LogP contribution in [-0.2, 0) is 23.2 Å². The summed E-state index contributed by atoms with van der Waals surface area (Å²) in [6.07, 6.45) is 2.45. The topological polar surface area (TPSA) is 85.8 Å². The molecule has 2 aliphatic rings. The van der Waals surface area contributed by atoms with Crippen molar-refractivity contribution in [3.8, 4) is 0 Å². The number of nitrogens with zero attached hydrogens (tertiary/aromatic N) is 4. The SMILES string of the molecule is O=C1Nc2nc3ccccc3n2CC1Cc1nc(C2(c3ccccc3)CC2)no1. The maximum atomic E-state index is 12.6. The molecule has 0 saturated heterocycles. The van der Waals surface area contributed by atoms with Crippen LogP contribution in [0.25, 0.3) is 11.0 Å². The van der Waals surface area contributed by atoms with E-state index in [1.807, 2.05) is 47.0 Å². The number of benzene rings is 2. The van der Waals surface area contributed by atoms with Gasteiger partial charge in [-0.25, -0.2) is 4.98 Å². The van der Waals surface area contributed by atoms with Crippen LogP contribution in [0.15, 0.2) is 59.1 Å². The molecule has 144 valence electrons. The Morgan fingerprint density at radius 1 is 1.07 bits per heavy atom. The molecule has 0 spiro atoms. The molecule has 2 aromatic heterocycles. The molecule has 1 fully saturated rings. The van der Waals surface area contributed by atoms with Crippen molar-refractivity contribution in [2.24, 2.45) is 5.92 Å². The van der Waals surface area contributed by atoms with Gasteiger partial charge in [0.25, 0.3) is 0 Å². The summed E-state index contributed by atoms with van der Waals surface area (Å²) in [6.45, 7) is 0.545. The lowest BCUT2D eigenvalue weighted by molar-refractivity contribution is -0.121. The molecular weight excluding hydrogens is 366 g/mol. The van der Waals surface area contributed by atoms with Gasteiger partial charge in [-0.3, -0.25) is 10.1 Å². The van der Waals surface area contributed by atoms with Crippen LogP contribution in [0.2, 0.25) is 0 Å². The van der Waals surface area contributed by atoms with E-state index in [1.165, 1.54) is 5.56 Å². The summed E-state index contributed by atoms with van der Waals surface area (Å²) >= 11 is 0. The van der Waals surface area contributed by atoms with Gasteiger partial charge < -0.3 is 9.09 Å². The Hall–Kier alpha value is -3.48. The van der Waals surface area contributed by atoms with E-state index in [4.69, 9.17) is 4.52 Å². The molecule has 7 nitrogen and oxygen atoms in total. The van der Waals surface area contributed by atoms with Crippen LogP contribution in [0.3, 0.4) is 0 Å². The van der Waals surface area contributed by atoms with Crippen LogP contribution < -0.4 is 5.32 Å². The molecule has 3 heterocycles. The second-order valence-corrected chi connectivity index (χ2v) is 7.88. The minimum atomic E-state index is -0.278. The lowest BCUT2D eigenvalue weighted by Gasteiger charge is -2.22. The number of nitrogens with one attached hydrogen (secondary N) is 1. The van der Waals surface area contributed by atoms with Gasteiger partial charge in [0.15, 0.2) is 5.82 Å². The van der Waals surface area contributed by atoms with Gasteiger partial charge in [-0.2, -0.15) is 4.98 Å². The van der Waals surface area contributed by atoms with Crippen molar-refractivity contribution in [2.45, 2.75) is 31.2 Å². The van der Waals surface area contributed by atoms with E-state index in [0.29, 0.717) is 24.8 Å². The van der Waals surface area contributed by atoms with Crippen molar-refractivity contribution in [3.63, 3.8) is 0 Å². The average Bonchev–Trinajstić information content (AvgIpc) is 3.30. The van der Waals surface area contributed by atoms with Gasteiger partial charge in [0.05, 0.1) is 22.4 Å². The number of rotatable bonds is 4. The van der Waals surface area contributed by atoms with Crippen molar-refractivity contribution in [1.29, 1.82) is 0 Å². The number of hydrogen-bond donors (Lipinski definition) is 1. The first kappa shape index (κ1) is 16.5. The molecule has 1 amide bonds. The maximum absolute atomic E-state index is 12.6. The Bertz CT molecular complexity index is 1220. The number of fused-ring (bicyclic) bond motifs is 3. The van der Waals surface area contributed by atoms with Gasteiger partial charge in [-0.15, -0.1) is 0 Å². The van der Waals surface area contributed by atoms with Crippen molar-refractivity contribution >= 4 is 22.9 Å². The van der Waals surface area contributed by atoms with Crippen molar-refractivity contribution in [3.05, 3.63) is 71.9 Å². The number of hydrogen-bond acceptors (Lipinski definition) is 5. The first-order valence-corrected chi connectivity index (χ1v) is 9.88. The number of aromatic nitrogens is 4. The quantitative estimate of drug-likeness (QED) is 0.582. The Morgan fingerprint density at radius 3 is 2.69 bits per heavy atom. The summed E-state index contributed by atoms with van der Waals surface area (Å²) in [5.74, 6) is 1.50. The van der Waals surface area contributed by atoms with E-state index >= 15 is 0 Å². The highest BCUT2D eigenvalue weighted by Gasteiger charge is 2.50. The molecular formula is C22H19N5O2. The van der Waals surface area contributed by atoms with Gasteiger partial charge in [-0.1, -0.05) is 47.6 Å². The third kappa shape index (κ3) is 2.57.